The third-order valence-electron chi connectivity index (χ3n) is 5.24. The van der Waals surface area contributed by atoms with Gasteiger partial charge in [0.1, 0.15) is 11.6 Å². The number of carbonyl (C=O) groups is 3. The minimum Gasteiger partial charge on any atom is -0.465 e. The highest BCUT2D eigenvalue weighted by Crippen LogP contribution is 2.22. The Morgan fingerprint density at radius 2 is 1.67 bits per heavy atom. The average Bonchev–Trinajstić information content (AvgIpc) is 2.78. The first-order chi connectivity index (χ1) is 14.5. The first kappa shape index (κ1) is 21.6. The Morgan fingerprint density at radius 3 is 2.33 bits per heavy atom. The highest BCUT2D eigenvalue weighted by Gasteiger charge is 2.27. The Morgan fingerprint density at radius 1 is 1.00 bits per heavy atom. The molecule has 0 unspecified atom stereocenters. The molecule has 6 nitrogen and oxygen atoms in total. The molecule has 0 bridgehead atoms. The summed E-state index contributed by atoms with van der Waals surface area (Å²) in [5.74, 6) is -1.39. The Kier molecular flexibility index (Phi) is 7.30. The fourth-order valence-corrected chi connectivity index (χ4v) is 3.49. The van der Waals surface area contributed by atoms with Crippen molar-refractivity contribution < 1.29 is 28.3 Å². The molecule has 1 aliphatic rings. The predicted octanol–water partition coefficient (Wildman–Crippen LogP) is 3.60. The van der Waals surface area contributed by atoms with E-state index >= 15 is 0 Å². The van der Waals surface area contributed by atoms with E-state index < -0.39 is 11.9 Å². The second kappa shape index (κ2) is 10.1. The summed E-state index contributed by atoms with van der Waals surface area (Å²) in [6.07, 6.45) is 1.83. The molecule has 1 heterocycles. The number of benzene rings is 2. The highest BCUT2D eigenvalue weighted by molar-refractivity contribution is 5.95. The zero-order chi connectivity index (χ0) is 21.5. The third-order valence-corrected chi connectivity index (χ3v) is 5.24. The van der Waals surface area contributed by atoms with E-state index in [9.17, 15) is 18.8 Å². The summed E-state index contributed by atoms with van der Waals surface area (Å²) >= 11 is 0. The lowest BCUT2D eigenvalue weighted by Crippen LogP contribution is -2.38. The van der Waals surface area contributed by atoms with Crippen molar-refractivity contribution in [3.05, 3.63) is 71.0 Å². The number of methoxy groups -OCH3 is 1. The van der Waals surface area contributed by atoms with Gasteiger partial charge in [0.05, 0.1) is 18.2 Å². The Bertz CT molecular complexity index is 921. The molecule has 0 spiro atoms. The van der Waals surface area contributed by atoms with E-state index in [-0.39, 0.29) is 28.6 Å². The Labute approximate surface area is 174 Å². The van der Waals surface area contributed by atoms with Gasteiger partial charge in [-0.25, -0.2) is 14.0 Å². The molecule has 0 saturated carbocycles. The fraction of sp³-hybridized carbons (Fsp3) is 0.348. The molecule has 0 aliphatic carbocycles. The number of esters is 1. The molecule has 3 rings (SSSR count). The molecule has 2 aromatic rings. The van der Waals surface area contributed by atoms with Gasteiger partial charge in [-0.1, -0.05) is 24.3 Å². The highest BCUT2D eigenvalue weighted by atomic mass is 19.1. The van der Waals surface area contributed by atoms with E-state index in [1.54, 1.807) is 36.4 Å². The Hall–Kier alpha value is -3.06. The van der Waals surface area contributed by atoms with Crippen molar-refractivity contribution >= 4 is 17.7 Å². The summed E-state index contributed by atoms with van der Waals surface area (Å²) in [5.41, 5.74) is 1.07. The van der Waals surface area contributed by atoms with Gasteiger partial charge >= 0.3 is 11.9 Å². The number of rotatable bonds is 7. The van der Waals surface area contributed by atoms with Crippen molar-refractivity contribution in [3.8, 4) is 0 Å². The van der Waals surface area contributed by atoms with Crippen LogP contribution in [0.3, 0.4) is 0 Å². The van der Waals surface area contributed by atoms with Crippen LogP contribution in [0.5, 0.6) is 0 Å². The summed E-state index contributed by atoms with van der Waals surface area (Å²) < 4.78 is 18.3. The summed E-state index contributed by atoms with van der Waals surface area (Å²) in [4.78, 5) is 41.8. The quantitative estimate of drug-likeness (QED) is 0.646. The van der Waals surface area contributed by atoms with Crippen LogP contribution in [0.4, 0.5) is 4.39 Å². The molecular formula is C23H24FNO5. The second-order valence-corrected chi connectivity index (χ2v) is 7.21. The van der Waals surface area contributed by atoms with Crippen molar-refractivity contribution in [1.29, 1.82) is 0 Å². The van der Waals surface area contributed by atoms with E-state index in [0.717, 1.165) is 0 Å². The summed E-state index contributed by atoms with van der Waals surface area (Å²) in [7, 11) is 1.27. The van der Waals surface area contributed by atoms with Gasteiger partial charge in [-0.15, -0.1) is 5.06 Å². The van der Waals surface area contributed by atoms with Crippen LogP contribution < -0.4 is 0 Å². The zero-order valence-electron chi connectivity index (χ0n) is 16.8. The van der Waals surface area contributed by atoms with Crippen LogP contribution in [0.2, 0.25) is 0 Å². The maximum atomic E-state index is 13.7. The fourth-order valence-electron chi connectivity index (χ4n) is 3.49. The maximum absolute atomic E-state index is 13.7. The number of hydrogen-bond acceptors (Lipinski definition) is 6. The van der Waals surface area contributed by atoms with Gasteiger partial charge in [-0.3, -0.25) is 4.79 Å². The molecule has 1 aliphatic heterocycles. The van der Waals surface area contributed by atoms with E-state index in [4.69, 9.17) is 4.84 Å². The molecule has 7 heteroatoms. The molecule has 30 heavy (non-hydrogen) atoms. The second-order valence-electron chi connectivity index (χ2n) is 7.21. The lowest BCUT2D eigenvalue weighted by molar-refractivity contribution is -0.138. The molecule has 0 amide bonds. The van der Waals surface area contributed by atoms with Crippen molar-refractivity contribution in [1.82, 2.24) is 5.06 Å². The number of aryl methyl sites for hydroxylation is 1. The first-order valence-corrected chi connectivity index (χ1v) is 9.89. The normalized spacial score (nSPS) is 14.9. The maximum Gasteiger partial charge on any atom is 0.357 e. The SMILES string of the molecule is COC(=O)c1cccc(C(=O)ON2CCC(C(=O)CCc3ccccc3F)CC2)c1. The van der Waals surface area contributed by atoms with Crippen molar-refractivity contribution in [2.24, 2.45) is 5.92 Å². The molecule has 158 valence electrons. The molecule has 0 aromatic heterocycles. The predicted molar refractivity (Wildman–Crippen MR) is 107 cm³/mol. The summed E-state index contributed by atoms with van der Waals surface area (Å²) in [6, 6.07) is 12.6. The summed E-state index contributed by atoms with van der Waals surface area (Å²) in [6.45, 7) is 0.886. The number of hydrogen-bond donors (Lipinski definition) is 0. The number of Topliss-reactive ketones (excluding diaryl/α,β-unsaturated/α-hetero) is 1. The number of carbonyl (C=O) groups excluding carboxylic acids is 3. The van der Waals surface area contributed by atoms with Crippen LogP contribution in [0, 0.1) is 11.7 Å². The lowest BCUT2D eigenvalue weighted by Gasteiger charge is -2.29. The van der Waals surface area contributed by atoms with Gasteiger partial charge in [-0.05, 0) is 49.1 Å². The molecule has 1 fully saturated rings. The number of piperidine rings is 1. The van der Waals surface area contributed by atoms with Crippen LogP contribution >= 0.6 is 0 Å². The van der Waals surface area contributed by atoms with Gasteiger partial charge in [0.2, 0.25) is 0 Å². The van der Waals surface area contributed by atoms with Gasteiger partial charge in [-0.2, -0.15) is 0 Å². The molecule has 0 N–H and O–H groups in total. The van der Waals surface area contributed by atoms with E-state index in [1.165, 1.54) is 24.3 Å². The number of ketones is 1. The minimum atomic E-state index is -0.565. The number of hydroxylamine groups is 2. The van der Waals surface area contributed by atoms with Crippen LogP contribution in [0.1, 0.15) is 45.5 Å². The topological polar surface area (TPSA) is 72.9 Å². The van der Waals surface area contributed by atoms with E-state index in [2.05, 4.69) is 4.74 Å². The van der Waals surface area contributed by atoms with Crippen molar-refractivity contribution in [2.75, 3.05) is 20.2 Å². The largest absolute Gasteiger partial charge is 0.465 e. The molecule has 0 atom stereocenters. The smallest absolute Gasteiger partial charge is 0.357 e. The van der Waals surface area contributed by atoms with Gasteiger partial charge < -0.3 is 9.57 Å². The summed E-state index contributed by atoms with van der Waals surface area (Å²) in [5, 5.41) is 1.54. The van der Waals surface area contributed by atoms with Crippen molar-refractivity contribution in [2.45, 2.75) is 25.7 Å². The molecule has 1 saturated heterocycles. The monoisotopic (exact) mass is 413 g/mol. The zero-order valence-corrected chi connectivity index (χ0v) is 16.8. The third kappa shape index (κ3) is 5.51. The minimum absolute atomic E-state index is 0.106. The van der Waals surface area contributed by atoms with Crippen LogP contribution in [-0.2, 0) is 20.8 Å². The van der Waals surface area contributed by atoms with Gasteiger partial charge in [0.15, 0.2) is 0 Å². The van der Waals surface area contributed by atoms with E-state index in [0.29, 0.717) is 44.3 Å². The number of halogens is 1. The first-order valence-electron chi connectivity index (χ1n) is 9.89. The van der Waals surface area contributed by atoms with E-state index in [1.807, 2.05) is 0 Å². The standard InChI is InChI=1S/C23H24FNO5/c1-29-22(27)18-6-4-7-19(15-18)23(28)30-25-13-11-17(12-14-25)21(26)10-9-16-5-2-3-8-20(16)24/h2-8,15,17H,9-14H2,1H3. The molecular weight excluding hydrogens is 389 g/mol. The lowest BCUT2D eigenvalue weighted by atomic mass is 9.90. The van der Waals surface area contributed by atoms with Crippen LogP contribution in [0.25, 0.3) is 0 Å². The van der Waals surface area contributed by atoms with Gasteiger partial charge in [0.25, 0.3) is 0 Å². The van der Waals surface area contributed by atoms with Crippen LogP contribution in [0.15, 0.2) is 48.5 Å². The van der Waals surface area contributed by atoms with Crippen LogP contribution in [-0.4, -0.2) is 43.0 Å². The van der Waals surface area contributed by atoms with Gasteiger partial charge in [0, 0.05) is 25.4 Å². The number of nitrogens with zero attached hydrogens (tertiary/aromatic N) is 1. The Balaban J connectivity index is 1.47. The molecule has 2 aromatic carbocycles. The molecule has 0 radical (unpaired) electrons. The number of ether oxygens (including phenoxy) is 1. The van der Waals surface area contributed by atoms with Crippen molar-refractivity contribution in [3.63, 3.8) is 0 Å². The average molecular weight is 413 g/mol.